The first-order chi connectivity index (χ1) is 8.33. The molecule has 0 saturated carbocycles. The maximum absolute atomic E-state index is 12.9. The Bertz CT molecular complexity index is 547. The molecule has 0 bridgehead atoms. The van der Waals surface area contributed by atoms with Crippen LogP contribution in [0.5, 0.6) is 0 Å². The third-order valence-electron chi connectivity index (χ3n) is 1.99. The van der Waals surface area contributed by atoms with Gasteiger partial charge in [0.25, 0.3) is 0 Å². The Morgan fingerprint density at radius 3 is 2.56 bits per heavy atom. The molecule has 100 valence electrons. The number of nitrogens with two attached hydrogens (primary N) is 2. The molecule has 7 nitrogen and oxygen atoms in total. The molecule has 2 amide bonds. The molecule has 0 aromatic heterocycles. The van der Waals surface area contributed by atoms with E-state index in [9.17, 15) is 17.6 Å². The van der Waals surface area contributed by atoms with Gasteiger partial charge in [0.1, 0.15) is 5.82 Å². The number of nitrogens with one attached hydrogen (secondary N) is 2. The summed E-state index contributed by atoms with van der Waals surface area (Å²) in [6, 6.07) is 2.32. The standard InChI is InChI=1S/C9H13FN4O3S/c10-7-2-1-6(5-8(7)11)18(16,17)14-4-3-13-9(12)15/h1-2,5,14H,3-4,11H2,(H3,12,13,15). The van der Waals surface area contributed by atoms with Crippen molar-refractivity contribution in [3.8, 4) is 0 Å². The number of carbonyl (C=O) groups is 1. The van der Waals surface area contributed by atoms with E-state index in [-0.39, 0.29) is 23.7 Å². The van der Waals surface area contributed by atoms with Gasteiger partial charge in [0, 0.05) is 13.1 Å². The number of nitrogen functional groups attached to an aromatic ring is 1. The fraction of sp³-hybridized carbons (Fsp3) is 0.222. The van der Waals surface area contributed by atoms with Crippen molar-refractivity contribution < 1.29 is 17.6 Å². The van der Waals surface area contributed by atoms with E-state index in [0.29, 0.717) is 0 Å². The lowest BCUT2D eigenvalue weighted by Crippen LogP contribution is -2.37. The van der Waals surface area contributed by atoms with E-state index in [1.54, 1.807) is 0 Å². The Balaban J connectivity index is 2.68. The van der Waals surface area contributed by atoms with Crippen molar-refractivity contribution in [2.75, 3.05) is 18.8 Å². The topological polar surface area (TPSA) is 127 Å². The number of urea groups is 1. The third-order valence-corrected chi connectivity index (χ3v) is 3.45. The van der Waals surface area contributed by atoms with E-state index in [4.69, 9.17) is 11.5 Å². The maximum Gasteiger partial charge on any atom is 0.312 e. The Kier molecular flexibility index (Phi) is 4.45. The van der Waals surface area contributed by atoms with Gasteiger partial charge in [0.2, 0.25) is 10.0 Å². The first-order valence-corrected chi connectivity index (χ1v) is 6.39. The number of primary amides is 1. The Hall–Kier alpha value is -1.87. The third kappa shape index (κ3) is 3.86. The molecular weight excluding hydrogens is 263 g/mol. The highest BCUT2D eigenvalue weighted by Gasteiger charge is 2.14. The molecule has 18 heavy (non-hydrogen) atoms. The lowest BCUT2D eigenvalue weighted by Gasteiger charge is -2.07. The molecule has 0 radical (unpaired) electrons. The summed E-state index contributed by atoms with van der Waals surface area (Å²) >= 11 is 0. The molecule has 0 atom stereocenters. The summed E-state index contributed by atoms with van der Waals surface area (Å²) in [5, 5.41) is 2.22. The van der Waals surface area contributed by atoms with Crippen molar-refractivity contribution in [3.63, 3.8) is 0 Å². The van der Waals surface area contributed by atoms with Gasteiger partial charge < -0.3 is 16.8 Å². The number of hydrogen-bond acceptors (Lipinski definition) is 4. The van der Waals surface area contributed by atoms with E-state index >= 15 is 0 Å². The van der Waals surface area contributed by atoms with Crippen LogP contribution in [-0.2, 0) is 10.0 Å². The number of rotatable bonds is 5. The lowest BCUT2D eigenvalue weighted by atomic mass is 10.3. The summed E-state index contributed by atoms with van der Waals surface area (Å²) in [5.74, 6) is -0.690. The highest BCUT2D eigenvalue weighted by atomic mass is 32.2. The van der Waals surface area contributed by atoms with Crippen molar-refractivity contribution in [2.45, 2.75) is 4.90 Å². The first-order valence-electron chi connectivity index (χ1n) is 4.91. The number of amides is 2. The van der Waals surface area contributed by atoms with Gasteiger partial charge in [0.05, 0.1) is 10.6 Å². The fourth-order valence-corrected chi connectivity index (χ4v) is 2.21. The van der Waals surface area contributed by atoms with Gasteiger partial charge in [-0.2, -0.15) is 0 Å². The highest BCUT2D eigenvalue weighted by Crippen LogP contribution is 2.16. The zero-order chi connectivity index (χ0) is 13.8. The van der Waals surface area contributed by atoms with Gasteiger partial charge in [-0.05, 0) is 18.2 Å². The fourth-order valence-electron chi connectivity index (χ4n) is 1.14. The Morgan fingerprint density at radius 1 is 1.33 bits per heavy atom. The molecule has 0 heterocycles. The predicted molar refractivity (Wildman–Crippen MR) is 63.6 cm³/mol. The normalized spacial score (nSPS) is 11.2. The molecule has 0 aliphatic heterocycles. The molecule has 1 rings (SSSR count). The number of anilines is 1. The van der Waals surface area contributed by atoms with Gasteiger partial charge in [-0.3, -0.25) is 0 Å². The van der Waals surface area contributed by atoms with Crippen molar-refractivity contribution >= 4 is 21.7 Å². The number of hydrogen-bond donors (Lipinski definition) is 4. The van der Waals surface area contributed by atoms with E-state index in [2.05, 4.69) is 10.0 Å². The number of carbonyl (C=O) groups excluding carboxylic acids is 1. The molecule has 1 aromatic carbocycles. The summed E-state index contributed by atoms with van der Waals surface area (Å²) in [6.07, 6.45) is 0. The number of halogens is 1. The Morgan fingerprint density at radius 2 is 2.00 bits per heavy atom. The van der Waals surface area contributed by atoms with Crippen LogP contribution in [0.4, 0.5) is 14.9 Å². The summed E-state index contributed by atoms with van der Waals surface area (Å²) in [7, 11) is -3.79. The van der Waals surface area contributed by atoms with Crippen molar-refractivity contribution in [1.29, 1.82) is 0 Å². The van der Waals surface area contributed by atoms with Gasteiger partial charge in [-0.15, -0.1) is 0 Å². The average molecular weight is 276 g/mol. The van der Waals surface area contributed by atoms with Crippen molar-refractivity contribution in [1.82, 2.24) is 10.0 Å². The minimum absolute atomic E-state index is 0.0391. The van der Waals surface area contributed by atoms with Crippen LogP contribution in [-0.4, -0.2) is 27.5 Å². The average Bonchev–Trinajstić information content (AvgIpc) is 2.28. The summed E-state index contributed by atoms with van der Waals surface area (Å²) in [6.45, 7) is 0.00773. The van der Waals surface area contributed by atoms with Crippen LogP contribution in [0, 0.1) is 5.82 Å². The van der Waals surface area contributed by atoms with Crippen LogP contribution >= 0.6 is 0 Å². The van der Waals surface area contributed by atoms with Crippen LogP contribution in [0.1, 0.15) is 0 Å². The first kappa shape index (κ1) is 14.2. The lowest BCUT2D eigenvalue weighted by molar-refractivity contribution is 0.249. The number of sulfonamides is 1. The van der Waals surface area contributed by atoms with Crippen LogP contribution in [0.3, 0.4) is 0 Å². The molecule has 6 N–H and O–H groups in total. The number of benzene rings is 1. The molecule has 0 aliphatic carbocycles. The quantitative estimate of drug-likeness (QED) is 0.421. The maximum atomic E-state index is 12.9. The van der Waals surface area contributed by atoms with Gasteiger partial charge in [-0.1, -0.05) is 0 Å². The summed E-state index contributed by atoms with van der Waals surface area (Å²) in [5.41, 5.74) is 9.82. The Labute approximate surface area is 103 Å². The largest absolute Gasteiger partial charge is 0.396 e. The van der Waals surface area contributed by atoms with E-state index in [1.807, 2.05) is 0 Å². The molecule has 0 fully saturated rings. The second-order valence-corrected chi connectivity index (χ2v) is 5.14. The van der Waals surface area contributed by atoms with Gasteiger partial charge >= 0.3 is 6.03 Å². The SMILES string of the molecule is NC(=O)NCCNS(=O)(=O)c1ccc(F)c(N)c1. The molecular formula is C9H13FN4O3S. The molecule has 1 aromatic rings. The zero-order valence-corrected chi connectivity index (χ0v) is 10.1. The van der Waals surface area contributed by atoms with E-state index < -0.39 is 21.9 Å². The molecule has 0 unspecified atom stereocenters. The zero-order valence-electron chi connectivity index (χ0n) is 9.31. The van der Waals surface area contributed by atoms with Gasteiger partial charge in [-0.25, -0.2) is 22.3 Å². The molecule has 0 aliphatic rings. The molecule has 0 saturated heterocycles. The molecule has 9 heteroatoms. The van der Waals surface area contributed by atoms with E-state index in [1.165, 1.54) is 0 Å². The minimum atomic E-state index is -3.79. The van der Waals surface area contributed by atoms with Gasteiger partial charge in [0.15, 0.2) is 0 Å². The van der Waals surface area contributed by atoms with Crippen molar-refractivity contribution in [3.05, 3.63) is 24.0 Å². The smallest absolute Gasteiger partial charge is 0.312 e. The van der Waals surface area contributed by atoms with Crippen LogP contribution in [0.15, 0.2) is 23.1 Å². The summed E-state index contributed by atoms with van der Waals surface area (Å²) < 4.78 is 38.5. The highest BCUT2D eigenvalue weighted by molar-refractivity contribution is 7.89. The van der Waals surface area contributed by atoms with E-state index in [0.717, 1.165) is 18.2 Å². The van der Waals surface area contributed by atoms with Crippen LogP contribution in [0.2, 0.25) is 0 Å². The predicted octanol–water partition coefficient (Wildman–Crippen LogP) is -0.645. The minimum Gasteiger partial charge on any atom is -0.396 e. The summed E-state index contributed by atoms with van der Waals surface area (Å²) in [4.78, 5) is 10.2. The molecule has 0 spiro atoms. The monoisotopic (exact) mass is 276 g/mol. The second-order valence-electron chi connectivity index (χ2n) is 3.37. The second kappa shape index (κ2) is 5.65. The van der Waals surface area contributed by atoms with Crippen LogP contribution in [0.25, 0.3) is 0 Å². The van der Waals surface area contributed by atoms with Crippen molar-refractivity contribution in [2.24, 2.45) is 5.73 Å². The van der Waals surface area contributed by atoms with Crippen LogP contribution < -0.4 is 21.5 Å².